The summed E-state index contributed by atoms with van der Waals surface area (Å²) in [6, 6.07) is 3.45. The highest BCUT2D eigenvalue weighted by molar-refractivity contribution is 5.85. The number of nitrogens with two attached hydrogens (primary N) is 1. The number of rotatable bonds is 6. The molecule has 0 radical (unpaired) electrons. The van der Waals surface area contributed by atoms with Crippen molar-refractivity contribution in [1.82, 2.24) is 10.6 Å². The van der Waals surface area contributed by atoms with E-state index < -0.39 is 23.6 Å². The summed E-state index contributed by atoms with van der Waals surface area (Å²) in [7, 11) is 1.26. The minimum Gasteiger partial charge on any atom is -0.497 e. The number of methoxy groups -OCH3 is 1. The van der Waals surface area contributed by atoms with Crippen LogP contribution in [0.1, 0.15) is 11.1 Å². The van der Waals surface area contributed by atoms with Crippen molar-refractivity contribution >= 4 is 11.8 Å². The Balaban J connectivity index is 2.73. The molecular weight excluding hydrogens is 303 g/mol. The van der Waals surface area contributed by atoms with Gasteiger partial charge in [0.05, 0.1) is 25.8 Å². The predicted octanol–water partition coefficient (Wildman–Crippen LogP) is 0.405. The summed E-state index contributed by atoms with van der Waals surface area (Å²) in [4.78, 5) is 22.3. The van der Waals surface area contributed by atoms with Crippen molar-refractivity contribution in [3.63, 3.8) is 0 Å². The molecule has 0 aliphatic rings. The van der Waals surface area contributed by atoms with Crippen molar-refractivity contribution in [2.24, 2.45) is 5.73 Å². The lowest BCUT2D eigenvalue weighted by Crippen LogP contribution is -2.39. The summed E-state index contributed by atoms with van der Waals surface area (Å²) in [6.45, 7) is -0.951. The van der Waals surface area contributed by atoms with Crippen LogP contribution in [0.15, 0.2) is 18.2 Å². The number of hydrogen-bond donors (Lipinski definition) is 3. The van der Waals surface area contributed by atoms with E-state index in [0.29, 0.717) is 0 Å². The second-order valence-corrected chi connectivity index (χ2v) is 4.28. The molecule has 0 heterocycles. The monoisotopic (exact) mass is 319 g/mol. The minimum atomic E-state index is -4.57. The van der Waals surface area contributed by atoms with E-state index in [-0.39, 0.29) is 30.9 Å². The van der Waals surface area contributed by atoms with Gasteiger partial charge in [0.25, 0.3) is 0 Å². The summed E-state index contributed by atoms with van der Waals surface area (Å²) in [5.41, 5.74) is 4.04. The number of halogens is 3. The van der Waals surface area contributed by atoms with Crippen LogP contribution in [-0.2, 0) is 22.3 Å². The van der Waals surface area contributed by atoms with Crippen molar-refractivity contribution in [2.75, 3.05) is 20.2 Å². The Hall–Kier alpha value is -2.29. The van der Waals surface area contributed by atoms with Crippen molar-refractivity contribution in [2.45, 2.75) is 12.7 Å². The molecule has 0 saturated carbocycles. The molecule has 9 heteroatoms. The Kier molecular flexibility index (Phi) is 6.17. The molecule has 122 valence electrons. The SMILES string of the molecule is COc1ccc(CNC(=O)CNC(=O)CN)c(C(F)(F)F)c1. The highest BCUT2D eigenvalue weighted by Gasteiger charge is 2.33. The van der Waals surface area contributed by atoms with Gasteiger partial charge in [-0.25, -0.2) is 0 Å². The summed E-state index contributed by atoms with van der Waals surface area (Å²) >= 11 is 0. The Morgan fingerprint density at radius 1 is 1.23 bits per heavy atom. The number of benzene rings is 1. The number of carbonyl (C=O) groups excluding carboxylic acids is 2. The fraction of sp³-hybridized carbons (Fsp3) is 0.385. The van der Waals surface area contributed by atoms with Gasteiger partial charge in [-0.15, -0.1) is 0 Å². The standard InChI is InChI=1S/C13H16F3N3O3/c1-22-9-3-2-8(10(4-9)13(14,15)16)6-18-12(21)7-19-11(20)5-17/h2-4H,5-7,17H2,1H3,(H,18,21)(H,19,20). The van der Waals surface area contributed by atoms with Crippen molar-refractivity contribution in [3.05, 3.63) is 29.3 Å². The van der Waals surface area contributed by atoms with Crippen LogP contribution in [0.3, 0.4) is 0 Å². The van der Waals surface area contributed by atoms with E-state index in [2.05, 4.69) is 10.6 Å². The fourth-order valence-corrected chi connectivity index (χ4v) is 1.61. The maximum absolute atomic E-state index is 12.9. The maximum Gasteiger partial charge on any atom is 0.416 e. The lowest BCUT2D eigenvalue weighted by atomic mass is 10.1. The number of alkyl halides is 3. The van der Waals surface area contributed by atoms with Crippen LogP contribution >= 0.6 is 0 Å². The molecule has 1 rings (SSSR count). The van der Waals surface area contributed by atoms with E-state index in [4.69, 9.17) is 10.5 Å². The van der Waals surface area contributed by atoms with Gasteiger partial charge in [-0.05, 0) is 17.7 Å². The Labute approximate surface area is 124 Å². The van der Waals surface area contributed by atoms with Gasteiger partial charge in [-0.2, -0.15) is 13.2 Å². The van der Waals surface area contributed by atoms with E-state index in [1.54, 1.807) is 0 Å². The molecule has 0 unspecified atom stereocenters. The van der Waals surface area contributed by atoms with Crippen LogP contribution < -0.4 is 21.1 Å². The van der Waals surface area contributed by atoms with Crippen LogP contribution in [0.5, 0.6) is 5.75 Å². The Morgan fingerprint density at radius 2 is 1.91 bits per heavy atom. The molecule has 0 atom stereocenters. The van der Waals surface area contributed by atoms with E-state index in [1.165, 1.54) is 19.2 Å². The highest BCUT2D eigenvalue weighted by atomic mass is 19.4. The third-order valence-corrected chi connectivity index (χ3v) is 2.73. The number of ether oxygens (including phenoxy) is 1. The number of hydrogen-bond acceptors (Lipinski definition) is 4. The zero-order chi connectivity index (χ0) is 16.8. The zero-order valence-corrected chi connectivity index (χ0v) is 11.8. The summed E-state index contributed by atoms with van der Waals surface area (Å²) in [5, 5.41) is 4.51. The first-order chi connectivity index (χ1) is 10.3. The molecule has 2 amide bonds. The minimum absolute atomic E-state index is 0.0672. The fourth-order valence-electron chi connectivity index (χ4n) is 1.61. The molecule has 0 aromatic heterocycles. The molecule has 0 saturated heterocycles. The van der Waals surface area contributed by atoms with Crippen LogP contribution in [-0.4, -0.2) is 32.0 Å². The van der Waals surface area contributed by atoms with Gasteiger partial charge in [0, 0.05) is 6.54 Å². The van der Waals surface area contributed by atoms with Crippen LogP contribution in [0.4, 0.5) is 13.2 Å². The van der Waals surface area contributed by atoms with Gasteiger partial charge >= 0.3 is 6.18 Å². The third kappa shape index (κ3) is 5.24. The first kappa shape index (κ1) is 17.8. The molecule has 0 aliphatic carbocycles. The third-order valence-electron chi connectivity index (χ3n) is 2.73. The van der Waals surface area contributed by atoms with Crippen LogP contribution in [0, 0.1) is 0 Å². The van der Waals surface area contributed by atoms with Crippen molar-refractivity contribution in [3.8, 4) is 5.75 Å². The molecule has 0 aliphatic heterocycles. The molecule has 1 aromatic carbocycles. The van der Waals surface area contributed by atoms with Crippen LogP contribution in [0.2, 0.25) is 0 Å². The summed E-state index contributed by atoms with van der Waals surface area (Å²) in [5.74, 6) is -1.08. The smallest absolute Gasteiger partial charge is 0.416 e. The number of nitrogens with one attached hydrogen (secondary N) is 2. The average molecular weight is 319 g/mol. The highest BCUT2D eigenvalue weighted by Crippen LogP contribution is 2.34. The largest absolute Gasteiger partial charge is 0.497 e. The van der Waals surface area contributed by atoms with Gasteiger partial charge in [0.15, 0.2) is 0 Å². The average Bonchev–Trinajstić information content (AvgIpc) is 2.49. The van der Waals surface area contributed by atoms with Gasteiger partial charge < -0.3 is 21.1 Å². The number of carbonyl (C=O) groups is 2. The topological polar surface area (TPSA) is 93.5 Å². The van der Waals surface area contributed by atoms with Crippen LogP contribution in [0.25, 0.3) is 0 Å². The second kappa shape index (κ2) is 7.64. The quantitative estimate of drug-likeness (QED) is 0.708. The molecule has 1 aromatic rings. The first-order valence-corrected chi connectivity index (χ1v) is 6.25. The summed E-state index contributed by atoms with van der Waals surface area (Å²) in [6.07, 6.45) is -4.57. The van der Waals surface area contributed by atoms with E-state index in [1.807, 2.05) is 0 Å². The Morgan fingerprint density at radius 3 is 2.45 bits per heavy atom. The predicted molar refractivity (Wildman–Crippen MR) is 71.9 cm³/mol. The first-order valence-electron chi connectivity index (χ1n) is 6.25. The molecular formula is C13H16F3N3O3. The molecule has 6 nitrogen and oxygen atoms in total. The molecule has 0 fully saturated rings. The zero-order valence-electron chi connectivity index (χ0n) is 11.8. The summed E-state index contributed by atoms with van der Waals surface area (Å²) < 4.78 is 43.6. The van der Waals surface area contributed by atoms with E-state index in [0.717, 1.165) is 6.07 Å². The van der Waals surface area contributed by atoms with Gasteiger partial charge in [0.2, 0.25) is 11.8 Å². The molecule has 0 bridgehead atoms. The van der Waals surface area contributed by atoms with Gasteiger partial charge in [-0.3, -0.25) is 9.59 Å². The van der Waals surface area contributed by atoms with Gasteiger partial charge in [0.1, 0.15) is 5.75 Å². The van der Waals surface area contributed by atoms with Gasteiger partial charge in [-0.1, -0.05) is 6.07 Å². The van der Waals surface area contributed by atoms with E-state index in [9.17, 15) is 22.8 Å². The lowest BCUT2D eigenvalue weighted by molar-refractivity contribution is -0.138. The van der Waals surface area contributed by atoms with E-state index >= 15 is 0 Å². The number of amides is 2. The molecule has 4 N–H and O–H groups in total. The van der Waals surface area contributed by atoms with Crippen molar-refractivity contribution in [1.29, 1.82) is 0 Å². The molecule has 0 spiro atoms. The van der Waals surface area contributed by atoms with Crippen molar-refractivity contribution < 1.29 is 27.5 Å². The second-order valence-electron chi connectivity index (χ2n) is 4.28. The normalized spacial score (nSPS) is 11.0. The maximum atomic E-state index is 12.9. The molecule has 22 heavy (non-hydrogen) atoms. The Bertz CT molecular complexity index is 547. The lowest BCUT2D eigenvalue weighted by Gasteiger charge is -2.15.